The van der Waals surface area contributed by atoms with Gasteiger partial charge in [0.05, 0.1) is 11.1 Å². The van der Waals surface area contributed by atoms with Crippen LogP contribution in [-0.4, -0.2) is 57.2 Å². The van der Waals surface area contributed by atoms with Crippen LogP contribution in [0, 0.1) is 5.92 Å². The van der Waals surface area contributed by atoms with Crippen LogP contribution in [0.2, 0.25) is 0 Å². The van der Waals surface area contributed by atoms with Crippen LogP contribution in [0.4, 0.5) is 0 Å². The largest absolute Gasteiger partial charge is 0.480 e. The Labute approximate surface area is 169 Å². The molecule has 2 fully saturated rings. The minimum atomic E-state index is -1.01. The van der Waals surface area contributed by atoms with E-state index in [9.17, 15) is 24.3 Å². The van der Waals surface area contributed by atoms with Crippen molar-refractivity contribution >= 4 is 23.7 Å². The van der Waals surface area contributed by atoms with Crippen LogP contribution in [0.3, 0.4) is 0 Å². The van der Waals surface area contributed by atoms with E-state index < -0.39 is 17.9 Å². The highest BCUT2D eigenvalue weighted by molar-refractivity contribution is 6.22. The van der Waals surface area contributed by atoms with Crippen molar-refractivity contribution in [2.45, 2.75) is 64.0 Å². The summed E-state index contributed by atoms with van der Waals surface area (Å²) in [4.78, 5) is 53.2. The Morgan fingerprint density at radius 2 is 1.69 bits per heavy atom. The Morgan fingerprint density at radius 1 is 1.00 bits per heavy atom. The maximum atomic E-state index is 13.0. The highest BCUT2D eigenvalue weighted by Crippen LogP contribution is 2.32. The minimum Gasteiger partial charge on any atom is -0.480 e. The standard InChI is InChI=1S/C22H26N2O5/c1-13-9-10-23(18(11-13)22(28)29)19(25)14-7-8-16-17(12-14)21(27)24(20(16)26)15-5-3-2-4-6-15/h7-8,12-13,15,18H,2-6,9-11H2,1H3,(H,28,29). The Bertz CT molecular complexity index is 874. The number of imide groups is 1. The summed E-state index contributed by atoms with van der Waals surface area (Å²) in [6, 6.07) is 3.60. The maximum absolute atomic E-state index is 13.0. The second-order valence-electron chi connectivity index (χ2n) is 8.51. The summed E-state index contributed by atoms with van der Waals surface area (Å²) in [5.41, 5.74) is 0.846. The Balaban J connectivity index is 1.60. The molecular weight excluding hydrogens is 372 g/mol. The summed E-state index contributed by atoms with van der Waals surface area (Å²) in [6.45, 7) is 2.35. The van der Waals surface area contributed by atoms with Gasteiger partial charge in [-0.15, -0.1) is 0 Å². The Hall–Kier alpha value is -2.70. The summed E-state index contributed by atoms with van der Waals surface area (Å²) in [5.74, 6) is -1.80. The molecule has 1 aromatic rings. The van der Waals surface area contributed by atoms with Gasteiger partial charge in [0.1, 0.15) is 6.04 Å². The van der Waals surface area contributed by atoms with Gasteiger partial charge in [-0.1, -0.05) is 26.2 Å². The van der Waals surface area contributed by atoms with Gasteiger partial charge < -0.3 is 10.0 Å². The van der Waals surface area contributed by atoms with Crippen LogP contribution in [0.5, 0.6) is 0 Å². The normalized spacial score (nSPS) is 25.3. The molecule has 2 unspecified atom stereocenters. The van der Waals surface area contributed by atoms with E-state index in [4.69, 9.17) is 0 Å². The number of hydrogen-bond acceptors (Lipinski definition) is 4. The average molecular weight is 398 g/mol. The van der Waals surface area contributed by atoms with Gasteiger partial charge >= 0.3 is 5.97 Å². The van der Waals surface area contributed by atoms with E-state index in [0.717, 1.165) is 38.5 Å². The molecule has 7 nitrogen and oxygen atoms in total. The number of fused-ring (bicyclic) bond motifs is 1. The zero-order valence-electron chi connectivity index (χ0n) is 16.6. The van der Waals surface area contributed by atoms with E-state index in [0.29, 0.717) is 18.5 Å². The highest BCUT2D eigenvalue weighted by atomic mass is 16.4. The first-order chi connectivity index (χ1) is 13.9. The van der Waals surface area contributed by atoms with Crippen LogP contribution >= 0.6 is 0 Å². The van der Waals surface area contributed by atoms with E-state index >= 15 is 0 Å². The van der Waals surface area contributed by atoms with Crippen molar-refractivity contribution < 1.29 is 24.3 Å². The van der Waals surface area contributed by atoms with Crippen molar-refractivity contribution in [2.24, 2.45) is 5.92 Å². The monoisotopic (exact) mass is 398 g/mol. The third-order valence-electron chi connectivity index (χ3n) is 6.52. The van der Waals surface area contributed by atoms with Gasteiger partial charge in [-0.3, -0.25) is 19.3 Å². The van der Waals surface area contributed by atoms with E-state index in [1.165, 1.54) is 28.0 Å². The lowest BCUT2D eigenvalue weighted by atomic mass is 9.91. The van der Waals surface area contributed by atoms with Gasteiger partial charge in [-0.2, -0.15) is 0 Å². The molecule has 4 rings (SSSR count). The van der Waals surface area contributed by atoms with Gasteiger partial charge in [0, 0.05) is 18.2 Å². The summed E-state index contributed by atoms with van der Waals surface area (Å²) in [6.07, 6.45) is 5.94. The fourth-order valence-corrected chi connectivity index (χ4v) is 4.85. The molecule has 3 aliphatic rings. The lowest BCUT2D eigenvalue weighted by Gasteiger charge is -2.36. The molecular formula is C22H26N2O5. The topological polar surface area (TPSA) is 95.0 Å². The number of rotatable bonds is 3. The number of aliphatic carboxylic acids is 1. The fourth-order valence-electron chi connectivity index (χ4n) is 4.85. The van der Waals surface area contributed by atoms with E-state index in [2.05, 4.69) is 0 Å². The third kappa shape index (κ3) is 3.43. The van der Waals surface area contributed by atoms with Crippen LogP contribution in [0.1, 0.15) is 82.9 Å². The molecule has 1 saturated heterocycles. The van der Waals surface area contributed by atoms with E-state index in [-0.39, 0.29) is 34.9 Å². The van der Waals surface area contributed by atoms with Gasteiger partial charge in [0.25, 0.3) is 17.7 Å². The number of nitrogens with zero attached hydrogens (tertiary/aromatic N) is 2. The zero-order chi connectivity index (χ0) is 20.7. The molecule has 1 saturated carbocycles. The molecule has 29 heavy (non-hydrogen) atoms. The lowest BCUT2D eigenvalue weighted by Crippen LogP contribution is -2.49. The van der Waals surface area contributed by atoms with Crippen LogP contribution in [0.25, 0.3) is 0 Å². The molecule has 1 aromatic carbocycles. The molecule has 0 spiro atoms. The number of carboxylic acids is 1. The van der Waals surface area contributed by atoms with Crippen molar-refractivity contribution in [3.05, 3.63) is 34.9 Å². The summed E-state index contributed by atoms with van der Waals surface area (Å²) >= 11 is 0. The number of amides is 3. The van der Waals surface area contributed by atoms with Crippen molar-refractivity contribution in [3.63, 3.8) is 0 Å². The molecule has 7 heteroatoms. The molecule has 1 aliphatic carbocycles. The second-order valence-corrected chi connectivity index (χ2v) is 8.51. The van der Waals surface area contributed by atoms with Crippen molar-refractivity contribution in [1.82, 2.24) is 9.80 Å². The quantitative estimate of drug-likeness (QED) is 0.790. The SMILES string of the molecule is CC1CCN(C(=O)c2ccc3c(c2)C(=O)N(C2CCCCC2)C3=O)C(C(=O)O)C1. The summed E-state index contributed by atoms with van der Waals surface area (Å²) in [5, 5.41) is 9.53. The average Bonchev–Trinajstić information content (AvgIpc) is 2.98. The number of benzene rings is 1. The number of carboxylic acid groups (broad SMARTS) is 1. The predicted molar refractivity (Wildman–Crippen MR) is 105 cm³/mol. The van der Waals surface area contributed by atoms with Crippen molar-refractivity contribution in [2.75, 3.05) is 6.54 Å². The molecule has 2 atom stereocenters. The zero-order valence-corrected chi connectivity index (χ0v) is 16.6. The number of likely N-dealkylation sites (tertiary alicyclic amines) is 1. The van der Waals surface area contributed by atoms with E-state index in [1.807, 2.05) is 6.92 Å². The summed E-state index contributed by atoms with van der Waals surface area (Å²) in [7, 11) is 0. The Kier molecular flexibility index (Phi) is 5.15. The van der Waals surface area contributed by atoms with E-state index in [1.54, 1.807) is 0 Å². The van der Waals surface area contributed by atoms with Crippen molar-refractivity contribution in [3.8, 4) is 0 Å². The molecule has 0 bridgehead atoms. The first-order valence-corrected chi connectivity index (χ1v) is 10.4. The molecule has 0 aromatic heterocycles. The summed E-state index contributed by atoms with van der Waals surface area (Å²) < 4.78 is 0. The fraction of sp³-hybridized carbons (Fsp3) is 0.545. The van der Waals surface area contributed by atoms with Crippen molar-refractivity contribution in [1.29, 1.82) is 0 Å². The highest BCUT2D eigenvalue weighted by Gasteiger charge is 2.41. The van der Waals surface area contributed by atoms with Gasteiger partial charge in [-0.25, -0.2) is 4.79 Å². The number of carbonyl (C=O) groups excluding carboxylic acids is 3. The predicted octanol–water partition coefficient (Wildman–Crippen LogP) is 2.94. The smallest absolute Gasteiger partial charge is 0.326 e. The molecule has 2 aliphatic heterocycles. The van der Waals surface area contributed by atoms with Crippen LogP contribution in [0.15, 0.2) is 18.2 Å². The minimum absolute atomic E-state index is 0.0738. The maximum Gasteiger partial charge on any atom is 0.326 e. The molecule has 1 N–H and O–H groups in total. The number of carbonyl (C=O) groups is 4. The molecule has 3 amide bonds. The van der Waals surface area contributed by atoms with Crippen LogP contribution in [-0.2, 0) is 4.79 Å². The van der Waals surface area contributed by atoms with Crippen LogP contribution < -0.4 is 0 Å². The first-order valence-electron chi connectivity index (χ1n) is 10.4. The number of hydrogen-bond donors (Lipinski definition) is 1. The van der Waals surface area contributed by atoms with Gasteiger partial charge in [0.15, 0.2) is 0 Å². The first kappa shape index (κ1) is 19.6. The Morgan fingerprint density at radius 3 is 2.38 bits per heavy atom. The van der Waals surface area contributed by atoms with Gasteiger partial charge in [-0.05, 0) is 49.8 Å². The number of piperidine rings is 1. The molecule has 154 valence electrons. The van der Waals surface area contributed by atoms with Gasteiger partial charge in [0.2, 0.25) is 0 Å². The molecule has 0 radical (unpaired) electrons. The second kappa shape index (κ2) is 7.61. The lowest BCUT2D eigenvalue weighted by molar-refractivity contribution is -0.144. The molecule has 2 heterocycles. The third-order valence-corrected chi connectivity index (χ3v) is 6.52.